The first kappa shape index (κ1) is 16.4. The SMILES string of the molecule is CC(C)(O)CNC(=O)CCS(=O)(=O)N1CCOCC1. The van der Waals surface area contributed by atoms with Gasteiger partial charge in [-0.15, -0.1) is 0 Å². The highest BCUT2D eigenvalue weighted by Crippen LogP contribution is 2.07. The van der Waals surface area contributed by atoms with Gasteiger partial charge in [0.15, 0.2) is 0 Å². The summed E-state index contributed by atoms with van der Waals surface area (Å²) >= 11 is 0. The fourth-order valence-corrected chi connectivity index (χ4v) is 2.99. The molecule has 0 aliphatic carbocycles. The van der Waals surface area contributed by atoms with Crippen LogP contribution in [0.4, 0.5) is 0 Å². The molecule has 7 nitrogen and oxygen atoms in total. The van der Waals surface area contributed by atoms with Gasteiger partial charge in [-0.25, -0.2) is 8.42 Å². The Balaban J connectivity index is 2.36. The average Bonchev–Trinajstić information content (AvgIpc) is 2.34. The maximum Gasteiger partial charge on any atom is 0.221 e. The minimum Gasteiger partial charge on any atom is -0.389 e. The van der Waals surface area contributed by atoms with Gasteiger partial charge in [-0.1, -0.05) is 0 Å². The van der Waals surface area contributed by atoms with Gasteiger partial charge < -0.3 is 15.2 Å². The number of nitrogens with one attached hydrogen (secondary N) is 1. The Kier molecular flexibility index (Phi) is 5.72. The number of carbonyl (C=O) groups excluding carboxylic acids is 1. The zero-order valence-corrected chi connectivity index (χ0v) is 12.2. The molecule has 0 saturated carbocycles. The van der Waals surface area contributed by atoms with E-state index < -0.39 is 15.6 Å². The molecule has 2 N–H and O–H groups in total. The van der Waals surface area contributed by atoms with Crippen molar-refractivity contribution >= 4 is 15.9 Å². The molecular formula is C11H22N2O5S. The Labute approximate surface area is 114 Å². The highest BCUT2D eigenvalue weighted by molar-refractivity contribution is 7.89. The number of nitrogens with zero attached hydrogens (tertiary/aromatic N) is 1. The lowest BCUT2D eigenvalue weighted by Gasteiger charge is -2.26. The first-order valence-corrected chi connectivity index (χ1v) is 7.86. The van der Waals surface area contributed by atoms with Gasteiger partial charge in [0.05, 0.1) is 24.6 Å². The number of sulfonamides is 1. The highest BCUT2D eigenvalue weighted by Gasteiger charge is 2.25. The van der Waals surface area contributed by atoms with Crippen molar-refractivity contribution in [3.8, 4) is 0 Å². The molecule has 8 heteroatoms. The Morgan fingerprint density at radius 1 is 1.37 bits per heavy atom. The standard InChI is InChI=1S/C11H22N2O5S/c1-11(2,15)9-12-10(14)3-8-19(16,17)13-4-6-18-7-5-13/h15H,3-9H2,1-2H3,(H,12,14). The van der Waals surface area contributed by atoms with Crippen LogP contribution in [0.3, 0.4) is 0 Å². The molecule has 0 aromatic carbocycles. The fraction of sp³-hybridized carbons (Fsp3) is 0.909. The molecule has 0 aromatic heterocycles. The minimum atomic E-state index is -3.40. The predicted octanol–water partition coefficient (Wildman–Crippen LogP) is -1.07. The Morgan fingerprint density at radius 2 is 1.95 bits per heavy atom. The Hall–Kier alpha value is -0.700. The summed E-state index contributed by atoms with van der Waals surface area (Å²) in [7, 11) is -3.40. The lowest BCUT2D eigenvalue weighted by molar-refractivity contribution is -0.121. The summed E-state index contributed by atoms with van der Waals surface area (Å²) in [6, 6.07) is 0. The second kappa shape index (κ2) is 6.65. The van der Waals surface area contributed by atoms with Crippen molar-refractivity contribution in [3.63, 3.8) is 0 Å². The van der Waals surface area contributed by atoms with E-state index in [1.165, 1.54) is 4.31 Å². The van der Waals surface area contributed by atoms with E-state index in [2.05, 4.69) is 5.32 Å². The van der Waals surface area contributed by atoms with E-state index >= 15 is 0 Å². The largest absolute Gasteiger partial charge is 0.389 e. The van der Waals surface area contributed by atoms with Crippen molar-refractivity contribution in [2.24, 2.45) is 0 Å². The average molecular weight is 294 g/mol. The van der Waals surface area contributed by atoms with Crippen LogP contribution in [-0.2, 0) is 19.6 Å². The number of ether oxygens (including phenoxy) is 1. The van der Waals surface area contributed by atoms with Gasteiger partial charge in [-0.05, 0) is 13.8 Å². The van der Waals surface area contributed by atoms with Crippen LogP contribution >= 0.6 is 0 Å². The van der Waals surface area contributed by atoms with Crippen molar-refractivity contribution in [2.75, 3.05) is 38.6 Å². The summed E-state index contributed by atoms with van der Waals surface area (Å²) in [5.74, 6) is -0.594. The molecule has 1 rings (SSSR count). The first-order valence-electron chi connectivity index (χ1n) is 6.25. The third-order valence-electron chi connectivity index (χ3n) is 2.67. The summed E-state index contributed by atoms with van der Waals surface area (Å²) < 4.78 is 30.3. The Bertz CT molecular complexity index is 396. The van der Waals surface area contributed by atoms with Crippen LogP contribution in [-0.4, -0.2) is 67.9 Å². The lowest BCUT2D eigenvalue weighted by Crippen LogP contribution is -2.43. The first-order chi connectivity index (χ1) is 8.71. The minimum absolute atomic E-state index is 0.101. The summed E-state index contributed by atoms with van der Waals surface area (Å²) in [5, 5.41) is 11.9. The van der Waals surface area contributed by atoms with Gasteiger partial charge in [0.1, 0.15) is 0 Å². The van der Waals surface area contributed by atoms with E-state index in [1.54, 1.807) is 13.8 Å². The zero-order chi connectivity index (χ0) is 14.5. The number of hydrogen-bond donors (Lipinski definition) is 2. The van der Waals surface area contributed by atoms with E-state index in [9.17, 15) is 18.3 Å². The number of aliphatic hydroxyl groups is 1. The van der Waals surface area contributed by atoms with E-state index in [-0.39, 0.29) is 24.6 Å². The van der Waals surface area contributed by atoms with Crippen molar-refractivity contribution in [1.29, 1.82) is 0 Å². The van der Waals surface area contributed by atoms with Crippen molar-refractivity contribution in [2.45, 2.75) is 25.9 Å². The molecule has 0 spiro atoms. The number of amides is 1. The molecule has 1 heterocycles. The molecule has 1 amide bonds. The molecule has 1 fully saturated rings. The van der Waals surface area contributed by atoms with Crippen LogP contribution in [0.2, 0.25) is 0 Å². The molecule has 0 radical (unpaired) electrons. The maximum absolute atomic E-state index is 11.9. The number of morpholine rings is 1. The maximum atomic E-state index is 11.9. The van der Waals surface area contributed by atoms with E-state index in [0.717, 1.165) is 0 Å². The monoisotopic (exact) mass is 294 g/mol. The summed E-state index contributed by atoms with van der Waals surface area (Å²) in [6.45, 7) is 4.70. The quantitative estimate of drug-likeness (QED) is 0.650. The molecular weight excluding hydrogens is 272 g/mol. The van der Waals surface area contributed by atoms with Crippen molar-refractivity contribution < 1.29 is 23.1 Å². The molecule has 0 atom stereocenters. The molecule has 0 bridgehead atoms. The van der Waals surface area contributed by atoms with E-state index in [1.807, 2.05) is 0 Å². The van der Waals surface area contributed by atoms with Crippen LogP contribution in [0.25, 0.3) is 0 Å². The Morgan fingerprint density at radius 3 is 2.47 bits per heavy atom. The van der Waals surface area contributed by atoms with Gasteiger partial charge in [0, 0.05) is 26.1 Å². The van der Waals surface area contributed by atoms with Crippen LogP contribution in [0, 0.1) is 0 Å². The van der Waals surface area contributed by atoms with E-state index in [4.69, 9.17) is 4.74 Å². The highest BCUT2D eigenvalue weighted by atomic mass is 32.2. The van der Waals surface area contributed by atoms with Gasteiger partial charge >= 0.3 is 0 Å². The van der Waals surface area contributed by atoms with Gasteiger partial charge in [0.25, 0.3) is 0 Å². The molecule has 0 aromatic rings. The normalized spacial score (nSPS) is 18.3. The molecule has 112 valence electrons. The van der Waals surface area contributed by atoms with Crippen LogP contribution in [0.1, 0.15) is 20.3 Å². The van der Waals surface area contributed by atoms with Crippen LogP contribution in [0.5, 0.6) is 0 Å². The molecule has 1 saturated heterocycles. The zero-order valence-electron chi connectivity index (χ0n) is 11.4. The molecule has 1 aliphatic heterocycles. The summed E-state index contributed by atoms with van der Waals surface area (Å²) in [5.41, 5.74) is -1.00. The molecule has 0 unspecified atom stereocenters. The second-order valence-electron chi connectivity index (χ2n) is 5.17. The second-order valence-corrected chi connectivity index (χ2v) is 7.26. The fourth-order valence-electron chi connectivity index (χ4n) is 1.58. The molecule has 1 aliphatic rings. The smallest absolute Gasteiger partial charge is 0.221 e. The number of rotatable bonds is 6. The lowest BCUT2D eigenvalue weighted by atomic mass is 10.1. The van der Waals surface area contributed by atoms with Crippen molar-refractivity contribution in [1.82, 2.24) is 9.62 Å². The molecule has 19 heavy (non-hydrogen) atoms. The number of hydrogen-bond acceptors (Lipinski definition) is 5. The van der Waals surface area contributed by atoms with Gasteiger partial charge in [-0.3, -0.25) is 4.79 Å². The van der Waals surface area contributed by atoms with Gasteiger partial charge in [0.2, 0.25) is 15.9 Å². The van der Waals surface area contributed by atoms with Gasteiger partial charge in [-0.2, -0.15) is 4.31 Å². The third-order valence-corrected chi connectivity index (χ3v) is 4.54. The van der Waals surface area contributed by atoms with E-state index in [0.29, 0.717) is 26.3 Å². The van der Waals surface area contributed by atoms with Crippen LogP contribution in [0.15, 0.2) is 0 Å². The summed E-state index contributed by atoms with van der Waals surface area (Å²) in [6.07, 6.45) is -0.101. The third kappa shape index (κ3) is 6.33. The topological polar surface area (TPSA) is 95.9 Å². The van der Waals surface area contributed by atoms with Crippen molar-refractivity contribution in [3.05, 3.63) is 0 Å². The predicted molar refractivity (Wildman–Crippen MR) is 70.1 cm³/mol. The number of carbonyl (C=O) groups is 1. The summed E-state index contributed by atoms with van der Waals surface area (Å²) in [4.78, 5) is 11.5. The van der Waals surface area contributed by atoms with Crippen LogP contribution < -0.4 is 5.32 Å².